The van der Waals surface area contributed by atoms with E-state index >= 15 is 0 Å². The van der Waals surface area contributed by atoms with Crippen LogP contribution in [0.25, 0.3) is 6.08 Å². The van der Waals surface area contributed by atoms with Crippen molar-refractivity contribution in [2.24, 2.45) is 11.3 Å². The van der Waals surface area contributed by atoms with E-state index < -0.39 is 22.9 Å². The van der Waals surface area contributed by atoms with E-state index in [4.69, 9.17) is 30.5 Å². The number of nitriles is 2. The van der Waals surface area contributed by atoms with Gasteiger partial charge in [0.05, 0.1) is 18.1 Å². The third kappa shape index (κ3) is 2.38. The summed E-state index contributed by atoms with van der Waals surface area (Å²) < 4.78 is 22.0. The van der Waals surface area contributed by atoms with E-state index in [-0.39, 0.29) is 0 Å². The second kappa shape index (κ2) is 7.13. The van der Waals surface area contributed by atoms with E-state index in [0.717, 1.165) is 5.56 Å². The molecule has 1 aliphatic carbocycles. The molecule has 1 atom stereocenters. The molecule has 1 aliphatic rings. The molecule has 1 fully saturated rings. The Morgan fingerprint density at radius 3 is 1.88 bits per heavy atom. The fourth-order valence-corrected chi connectivity index (χ4v) is 3.68. The molecule has 0 aliphatic heterocycles. The van der Waals surface area contributed by atoms with Crippen LogP contribution in [0.3, 0.4) is 0 Å². The topological polar surface area (TPSA) is 84.5 Å². The highest BCUT2D eigenvalue weighted by atomic mass is 35.5. The Morgan fingerprint density at radius 2 is 1.48 bits per heavy atom. The zero-order valence-corrected chi connectivity index (χ0v) is 15.2. The van der Waals surface area contributed by atoms with Crippen molar-refractivity contribution in [2.75, 3.05) is 28.4 Å². The zero-order valence-electron chi connectivity index (χ0n) is 14.4. The Bertz CT molecular complexity index is 711. The summed E-state index contributed by atoms with van der Waals surface area (Å²) in [6.45, 7) is 0. The Morgan fingerprint density at radius 1 is 0.960 bits per heavy atom. The van der Waals surface area contributed by atoms with E-state index in [2.05, 4.69) is 0 Å². The van der Waals surface area contributed by atoms with Crippen LogP contribution in [0.1, 0.15) is 5.56 Å². The van der Waals surface area contributed by atoms with Crippen LogP contribution in [-0.2, 0) is 18.9 Å². The van der Waals surface area contributed by atoms with Gasteiger partial charge in [-0.2, -0.15) is 10.5 Å². The molecule has 2 rings (SSSR count). The maximum atomic E-state index is 9.77. The molecule has 0 saturated heterocycles. The first-order valence-electron chi connectivity index (χ1n) is 7.44. The Kier molecular flexibility index (Phi) is 5.53. The Balaban J connectivity index is 2.55. The summed E-state index contributed by atoms with van der Waals surface area (Å²) in [6.07, 6.45) is 3.46. The van der Waals surface area contributed by atoms with Gasteiger partial charge in [0.1, 0.15) is 0 Å². The molecule has 0 spiro atoms. The zero-order chi connectivity index (χ0) is 18.7. The van der Waals surface area contributed by atoms with Crippen LogP contribution in [0.5, 0.6) is 0 Å². The minimum atomic E-state index is -1.69. The van der Waals surface area contributed by atoms with Gasteiger partial charge in [0.15, 0.2) is 0 Å². The average molecular weight is 363 g/mol. The third-order valence-electron chi connectivity index (χ3n) is 4.74. The molecule has 0 unspecified atom stereocenters. The van der Waals surface area contributed by atoms with Gasteiger partial charge in [0.25, 0.3) is 5.79 Å². The first kappa shape index (κ1) is 19.4. The van der Waals surface area contributed by atoms with Gasteiger partial charge in [-0.1, -0.05) is 35.9 Å². The standard InChI is InChI=1S/C18H19ClN2O4/c1-22-17(23-2)15(10-7-13-5-8-14(19)9-6-13)16(11-20,12-21)18(17,24-3)25-4/h5-10,15H,1-4H3/t15-/m0/s1. The highest BCUT2D eigenvalue weighted by Crippen LogP contribution is 2.65. The van der Waals surface area contributed by atoms with Gasteiger partial charge in [0, 0.05) is 33.5 Å². The molecule has 1 aromatic rings. The van der Waals surface area contributed by atoms with Crippen molar-refractivity contribution in [3.05, 3.63) is 40.9 Å². The lowest BCUT2D eigenvalue weighted by Gasteiger charge is -2.64. The first-order valence-corrected chi connectivity index (χ1v) is 7.82. The summed E-state index contributed by atoms with van der Waals surface area (Å²) >= 11 is 5.88. The lowest BCUT2D eigenvalue weighted by molar-refractivity contribution is -0.489. The second-order valence-corrected chi connectivity index (χ2v) is 5.96. The van der Waals surface area contributed by atoms with Crippen LogP contribution in [0, 0.1) is 34.0 Å². The van der Waals surface area contributed by atoms with Gasteiger partial charge in [-0.25, -0.2) is 0 Å². The molecule has 0 bridgehead atoms. The highest BCUT2D eigenvalue weighted by molar-refractivity contribution is 6.30. The molecule has 1 saturated carbocycles. The molecule has 6 nitrogen and oxygen atoms in total. The Labute approximate surface area is 152 Å². The molecule has 1 aromatic carbocycles. The second-order valence-electron chi connectivity index (χ2n) is 5.52. The lowest BCUT2D eigenvalue weighted by Crippen LogP contribution is -2.83. The van der Waals surface area contributed by atoms with Crippen molar-refractivity contribution >= 4 is 17.7 Å². The van der Waals surface area contributed by atoms with Gasteiger partial charge in [-0.3, -0.25) is 0 Å². The molecule has 0 radical (unpaired) electrons. The van der Waals surface area contributed by atoms with Crippen molar-refractivity contribution in [1.29, 1.82) is 10.5 Å². The van der Waals surface area contributed by atoms with Crippen LogP contribution in [0.2, 0.25) is 5.02 Å². The van der Waals surface area contributed by atoms with Gasteiger partial charge in [0.2, 0.25) is 11.2 Å². The molecule has 0 heterocycles. The lowest BCUT2D eigenvalue weighted by atomic mass is 9.51. The minimum Gasteiger partial charge on any atom is -0.348 e. The number of methoxy groups -OCH3 is 4. The first-order chi connectivity index (χ1) is 12.0. The number of halogens is 1. The summed E-state index contributed by atoms with van der Waals surface area (Å²) in [6, 6.07) is 11.2. The largest absolute Gasteiger partial charge is 0.348 e. The monoisotopic (exact) mass is 362 g/mol. The van der Waals surface area contributed by atoms with Crippen LogP contribution in [0.4, 0.5) is 0 Å². The molecule has 132 valence electrons. The van der Waals surface area contributed by atoms with Crippen LogP contribution < -0.4 is 0 Å². The molecule has 0 N–H and O–H groups in total. The molecule has 0 aromatic heterocycles. The van der Waals surface area contributed by atoms with Crippen LogP contribution in [0.15, 0.2) is 30.3 Å². The van der Waals surface area contributed by atoms with E-state index in [1.165, 1.54) is 28.4 Å². The van der Waals surface area contributed by atoms with Crippen molar-refractivity contribution in [3.8, 4) is 12.1 Å². The van der Waals surface area contributed by atoms with Crippen LogP contribution >= 0.6 is 11.6 Å². The van der Waals surface area contributed by atoms with Crippen molar-refractivity contribution < 1.29 is 18.9 Å². The maximum Gasteiger partial charge on any atom is 0.257 e. The Hall–Kier alpha value is -1.93. The molecular formula is C18H19ClN2O4. The fourth-order valence-electron chi connectivity index (χ4n) is 3.55. The minimum absolute atomic E-state index is 0.616. The van der Waals surface area contributed by atoms with E-state index in [1.54, 1.807) is 24.3 Å². The number of nitrogens with zero attached hydrogens (tertiary/aromatic N) is 2. The SMILES string of the molecule is COC1(OC)[C@@H](C=Cc2ccc(Cl)cc2)C(C#N)(C#N)C1(OC)OC. The van der Waals surface area contributed by atoms with E-state index in [9.17, 15) is 10.5 Å². The number of ether oxygens (including phenoxy) is 4. The quantitative estimate of drug-likeness (QED) is 0.723. The van der Waals surface area contributed by atoms with Gasteiger partial charge in [-0.15, -0.1) is 0 Å². The fraction of sp³-hybridized carbons (Fsp3) is 0.444. The summed E-state index contributed by atoms with van der Waals surface area (Å²) in [4.78, 5) is 0. The average Bonchev–Trinajstić information content (AvgIpc) is 2.64. The summed E-state index contributed by atoms with van der Waals surface area (Å²) in [7, 11) is 5.52. The number of hydrogen-bond acceptors (Lipinski definition) is 6. The smallest absolute Gasteiger partial charge is 0.257 e. The number of rotatable bonds is 6. The summed E-state index contributed by atoms with van der Waals surface area (Å²) in [5.41, 5.74) is -0.798. The van der Waals surface area contributed by atoms with Gasteiger partial charge in [-0.05, 0) is 17.7 Å². The molecule has 25 heavy (non-hydrogen) atoms. The van der Waals surface area contributed by atoms with E-state index in [1.807, 2.05) is 24.3 Å². The highest BCUT2D eigenvalue weighted by Gasteiger charge is 2.85. The van der Waals surface area contributed by atoms with Crippen molar-refractivity contribution in [3.63, 3.8) is 0 Å². The number of benzene rings is 1. The van der Waals surface area contributed by atoms with Crippen molar-refractivity contribution in [2.45, 2.75) is 11.6 Å². The van der Waals surface area contributed by atoms with E-state index in [0.29, 0.717) is 5.02 Å². The summed E-state index contributed by atoms with van der Waals surface area (Å²) in [5, 5.41) is 20.1. The van der Waals surface area contributed by atoms with Crippen molar-refractivity contribution in [1.82, 2.24) is 0 Å². The van der Waals surface area contributed by atoms with Gasteiger partial charge < -0.3 is 18.9 Å². The number of hydrogen-bond donors (Lipinski definition) is 0. The molecular weight excluding hydrogens is 344 g/mol. The van der Waals surface area contributed by atoms with Crippen LogP contribution in [-0.4, -0.2) is 40.0 Å². The molecule has 0 amide bonds. The summed E-state index contributed by atoms with van der Waals surface area (Å²) in [5.74, 6) is -3.90. The maximum absolute atomic E-state index is 9.77. The predicted molar refractivity (Wildman–Crippen MR) is 91.1 cm³/mol. The predicted octanol–water partition coefficient (Wildman–Crippen LogP) is 2.99. The normalized spacial score (nSPS) is 22.8. The third-order valence-corrected chi connectivity index (χ3v) is 4.99. The molecule has 7 heteroatoms. The van der Waals surface area contributed by atoms with Gasteiger partial charge >= 0.3 is 0 Å².